The lowest BCUT2D eigenvalue weighted by molar-refractivity contribution is 0.658. The summed E-state index contributed by atoms with van der Waals surface area (Å²) in [6.07, 6.45) is 13.4. The summed E-state index contributed by atoms with van der Waals surface area (Å²) >= 11 is 0. The number of rotatable bonds is 13. The van der Waals surface area contributed by atoms with Crippen molar-refractivity contribution < 1.29 is 0 Å². The van der Waals surface area contributed by atoms with Crippen LogP contribution in [0.1, 0.15) is 25.3 Å². The summed E-state index contributed by atoms with van der Waals surface area (Å²) in [5, 5.41) is 4.79. The molecule has 1 unspecified atom stereocenters. The van der Waals surface area contributed by atoms with Crippen LogP contribution >= 0.6 is 0 Å². The normalized spacial score (nSPS) is 13.4. The fraction of sp³-hybridized carbons (Fsp3) is 0.0704. The molecule has 1 aliphatic rings. The third kappa shape index (κ3) is 9.28. The minimum Gasteiger partial charge on any atom is -0.341 e. The van der Waals surface area contributed by atoms with Crippen molar-refractivity contribution in [2.45, 2.75) is 19.8 Å². The van der Waals surface area contributed by atoms with Crippen molar-refractivity contribution in [2.24, 2.45) is 5.92 Å². The zero-order valence-corrected chi connectivity index (χ0v) is 41.2. The van der Waals surface area contributed by atoms with Crippen LogP contribution in [0.3, 0.4) is 0 Å². The van der Waals surface area contributed by atoms with Crippen molar-refractivity contribution in [3.63, 3.8) is 0 Å². The Balaban J connectivity index is 1.16. The van der Waals surface area contributed by atoms with Gasteiger partial charge in [-0.25, -0.2) is 0 Å². The molecular weight excluding hydrogens is 881 g/mol. The Morgan fingerprint density at radius 2 is 0.932 bits per heavy atom. The maximum Gasteiger partial charge on any atom is 0.0535 e. The minimum atomic E-state index is 0.350. The monoisotopic (exact) mass is 936 g/mol. The molecule has 10 aromatic carbocycles. The van der Waals surface area contributed by atoms with E-state index in [-0.39, 0.29) is 0 Å². The Hall–Kier alpha value is -8.98. The Morgan fingerprint density at radius 3 is 1.45 bits per heavy atom. The van der Waals surface area contributed by atoms with Gasteiger partial charge in [-0.1, -0.05) is 225 Å². The van der Waals surface area contributed by atoms with Gasteiger partial charge in [0.1, 0.15) is 0 Å². The van der Waals surface area contributed by atoms with Crippen LogP contribution in [0, 0.1) is 5.92 Å². The standard InChI is InChI=1S/C71H56N2/c1-2-23-69(54-30-15-6-16-31-54)72(50-51-24-9-3-10-25-51)63-44-61-46-66-62(47-65(61)67(48-63)59-38-21-36-57(42-59)52-26-11-4-12-27-52)45-64(49-68(66)60-39-22-37-58(43-60)53-28-13-5-14-29-53)73-70(55-32-17-7-18-33-55)40-41-71(73)56-34-19-8-20-35-56/h3-24,26-49,51H,2,25,50H2,1H3/b69-23-. The molecule has 1 atom stereocenters. The summed E-state index contributed by atoms with van der Waals surface area (Å²) in [4.78, 5) is 2.59. The van der Waals surface area contributed by atoms with E-state index in [0.717, 1.165) is 36.5 Å². The largest absolute Gasteiger partial charge is 0.341 e. The summed E-state index contributed by atoms with van der Waals surface area (Å²) in [5.74, 6) is 0.350. The molecule has 2 nitrogen and oxygen atoms in total. The first-order valence-corrected chi connectivity index (χ1v) is 25.7. The topological polar surface area (TPSA) is 8.17 Å². The second kappa shape index (κ2) is 20.4. The number of hydrogen-bond donors (Lipinski definition) is 0. The van der Waals surface area contributed by atoms with E-state index in [1.54, 1.807) is 0 Å². The highest BCUT2D eigenvalue weighted by Gasteiger charge is 2.23. The molecule has 0 fully saturated rings. The molecule has 11 aromatic rings. The van der Waals surface area contributed by atoms with Crippen LogP contribution < -0.4 is 4.90 Å². The van der Waals surface area contributed by atoms with Gasteiger partial charge in [0.2, 0.25) is 0 Å². The molecule has 73 heavy (non-hydrogen) atoms. The van der Waals surface area contributed by atoms with Crippen molar-refractivity contribution in [3.05, 3.63) is 285 Å². The zero-order chi connectivity index (χ0) is 48.9. The van der Waals surface area contributed by atoms with E-state index in [4.69, 9.17) is 0 Å². The molecule has 2 heteroatoms. The van der Waals surface area contributed by atoms with E-state index < -0.39 is 0 Å². The molecule has 1 aromatic heterocycles. The number of aromatic nitrogens is 1. The Kier molecular flexibility index (Phi) is 12.6. The van der Waals surface area contributed by atoms with E-state index in [0.29, 0.717) is 5.92 Å². The molecule has 0 aliphatic heterocycles. The summed E-state index contributed by atoms with van der Waals surface area (Å²) in [5.41, 5.74) is 18.9. The molecule has 0 saturated carbocycles. The summed E-state index contributed by atoms with van der Waals surface area (Å²) in [7, 11) is 0. The number of fused-ring (bicyclic) bond motifs is 2. The highest BCUT2D eigenvalue weighted by atomic mass is 15.1. The predicted molar refractivity (Wildman–Crippen MR) is 312 cm³/mol. The Bertz CT molecular complexity index is 3750. The fourth-order valence-corrected chi connectivity index (χ4v) is 10.9. The zero-order valence-electron chi connectivity index (χ0n) is 41.2. The number of benzene rings is 10. The van der Waals surface area contributed by atoms with E-state index in [1.165, 1.54) is 94.1 Å². The van der Waals surface area contributed by atoms with Crippen LogP contribution in [0.4, 0.5) is 5.69 Å². The Labute approximate surface area is 429 Å². The van der Waals surface area contributed by atoms with E-state index in [1.807, 2.05) is 0 Å². The van der Waals surface area contributed by atoms with E-state index in [2.05, 4.69) is 295 Å². The predicted octanol–water partition coefficient (Wildman–Crippen LogP) is 19.2. The second-order valence-electron chi connectivity index (χ2n) is 19.1. The lowest BCUT2D eigenvalue weighted by atomic mass is 9.89. The van der Waals surface area contributed by atoms with E-state index >= 15 is 0 Å². The summed E-state index contributed by atoms with van der Waals surface area (Å²) in [6, 6.07) is 91.6. The molecular formula is C71H56N2. The van der Waals surface area contributed by atoms with Crippen LogP contribution in [0.5, 0.6) is 0 Å². The average Bonchev–Trinajstić information content (AvgIpc) is 3.92. The van der Waals surface area contributed by atoms with Gasteiger partial charge in [-0.05, 0) is 162 Å². The quantitative estimate of drug-likeness (QED) is 0.105. The van der Waals surface area contributed by atoms with Crippen molar-refractivity contribution in [3.8, 4) is 72.7 Å². The second-order valence-corrected chi connectivity index (χ2v) is 19.1. The first kappa shape index (κ1) is 45.2. The van der Waals surface area contributed by atoms with Crippen LogP contribution in [-0.4, -0.2) is 11.1 Å². The molecule has 1 aliphatic carbocycles. The van der Waals surface area contributed by atoms with Crippen LogP contribution in [0.15, 0.2) is 279 Å². The van der Waals surface area contributed by atoms with Crippen molar-refractivity contribution in [2.75, 3.05) is 11.4 Å². The van der Waals surface area contributed by atoms with Crippen molar-refractivity contribution in [1.29, 1.82) is 0 Å². The smallest absolute Gasteiger partial charge is 0.0535 e. The van der Waals surface area contributed by atoms with Crippen molar-refractivity contribution >= 4 is 32.9 Å². The number of nitrogens with zero attached hydrogens (tertiary/aromatic N) is 2. The van der Waals surface area contributed by atoms with Gasteiger partial charge < -0.3 is 9.47 Å². The molecule has 0 N–H and O–H groups in total. The van der Waals surface area contributed by atoms with Gasteiger partial charge in [0.05, 0.1) is 11.4 Å². The van der Waals surface area contributed by atoms with Gasteiger partial charge in [-0.3, -0.25) is 0 Å². The molecule has 0 spiro atoms. The van der Waals surface area contributed by atoms with Crippen LogP contribution in [0.25, 0.3) is 100.0 Å². The molecule has 0 radical (unpaired) electrons. The minimum absolute atomic E-state index is 0.350. The van der Waals surface area contributed by atoms with Gasteiger partial charge in [0, 0.05) is 23.6 Å². The van der Waals surface area contributed by atoms with Gasteiger partial charge in [0.25, 0.3) is 0 Å². The molecule has 0 bridgehead atoms. The lowest BCUT2D eigenvalue weighted by Gasteiger charge is -2.32. The van der Waals surface area contributed by atoms with Gasteiger partial charge in [-0.2, -0.15) is 0 Å². The molecule has 0 amide bonds. The lowest BCUT2D eigenvalue weighted by Crippen LogP contribution is -2.28. The molecule has 350 valence electrons. The SMILES string of the molecule is CC/C=C(/c1ccccc1)N(CC1C=CC=CC1)c1cc(-c2cccc(-c3ccccc3)c2)c2cc3cc(-n4c(-c5ccccc5)ccc4-c4ccccc4)cc(-c4cccc(-c5ccccc5)c4)c3cc2c1. The highest BCUT2D eigenvalue weighted by Crippen LogP contribution is 2.44. The van der Waals surface area contributed by atoms with Crippen LogP contribution in [-0.2, 0) is 0 Å². The first-order valence-electron chi connectivity index (χ1n) is 25.7. The van der Waals surface area contributed by atoms with E-state index in [9.17, 15) is 0 Å². The molecule has 12 rings (SSSR count). The number of allylic oxidation sites excluding steroid dienone is 4. The van der Waals surface area contributed by atoms with Crippen LogP contribution in [0.2, 0.25) is 0 Å². The Morgan fingerprint density at radius 1 is 0.452 bits per heavy atom. The van der Waals surface area contributed by atoms with Gasteiger partial charge in [0.15, 0.2) is 0 Å². The third-order valence-corrected chi connectivity index (χ3v) is 14.4. The molecule has 0 saturated heterocycles. The third-order valence-electron chi connectivity index (χ3n) is 14.4. The first-order chi connectivity index (χ1) is 36.1. The maximum absolute atomic E-state index is 2.59. The van der Waals surface area contributed by atoms with Crippen molar-refractivity contribution in [1.82, 2.24) is 4.57 Å². The summed E-state index contributed by atoms with van der Waals surface area (Å²) < 4.78 is 2.46. The fourth-order valence-electron chi connectivity index (χ4n) is 10.9. The highest BCUT2D eigenvalue weighted by molar-refractivity contribution is 6.11. The average molecular weight is 937 g/mol. The van der Waals surface area contributed by atoms with Gasteiger partial charge >= 0.3 is 0 Å². The molecule has 1 heterocycles. The maximum atomic E-state index is 2.59. The number of anilines is 1. The number of hydrogen-bond acceptors (Lipinski definition) is 1. The van der Waals surface area contributed by atoms with Gasteiger partial charge in [-0.15, -0.1) is 0 Å². The summed E-state index contributed by atoms with van der Waals surface area (Å²) in [6.45, 7) is 3.09.